The maximum absolute atomic E-state index is 2.55. The molecule has 4 aliphatic carbocycles. The molecule has 5 heteroatoms. The Morgan fingerprint density at radius 3 is 0.957 bits per heavy atom. The maximum atomic E-state index is 2.55. The van der Waals surface area contributed by atoms with Crippen molar-refractivity contribution in [2.24, 2.45) is 0 Å². The van der Waals surface area contributed by atoms with Gasteiger partial charge in [-0.15, -0.1) is 80.7 Å². The van der Waals surface area contributed by atoms with E-state index in [1.54, 1.807) is 10.6 Å². The molecule has 0 unspecified atom stereocenters. The van der Waals surface area contributed by atoms with E-state index in [0.717, 1.165) is 22.6 Å². The molecule has 0 atom stereocenters. The van der Waals surface area contributed by atoms with E-state index in [2.05, 4.69) is 72.8 Å². The molecule has 0 radical (unpaired) electrons. The minimum Gasteiger partial charge on any atom is -1.00 e. The summed E-state index contributed by atoms with van der Waals surface area (Å²) in [7, 11) is 0.122. The summed E-state index contributed by atoms with van der Waals surface area (Å²) < 4.78 is 0. The van der Waals surface area contributed by atoms with Crippen LogP contribution < -0.4 is 35.4 Å². The third-order valence-corrected chi connectivity index (χ3v) is 18.6. The van der Waals surface area contributed by atoms with Gasteiger partial charge >= 0.3 is 26.2 Å². The van der Waals surface area contributed by atoms with E-state index >= 15 is 0 Å². The van der Waals surface area contributed by atoms with Gasteiger partial charge in [-0.25, -0.2) is 0 Å². The van der Waals surface area contributed by atoms with Gasteiger partial charge in [0.1, 0.15) is 0 Å². The fourth-order valence-corrected chi connectivity index (χ4v) is 17.2. The van der Waals surface area contributed by atoms with Gasteiger partial charge in [0, 0.05) is 0 Å². The molecule has 47 heavy (non-hydrogen) atoms. The minimum atomic E-state index is 0. The van der Waals surface area contributed by atoms with Crippen LogP contribution in [0.3, 0.4) is 0 Å². The van der Waals surface area contributed by atoms with Crippen LogP contribution in [0.4, 0.5) is 0 Å². The second-order valence-corrected chi connectivity index (χ2v) is 20.2. The van der Waals surface area contributed by atoms with Gasteiger partial charge in [0.25, 0.3) is 0 Å². The molecule has 0 aliphatic heterocycles. The van der Waals surface area contributed by atoms with Crippen molar-refractivity contribution in [1.82, 2.24) is 0 Å². The molecule has 0 saturated heterocycles. The summed E-state index contributed by atoms with van der Waals surface area (Å²) in [6, 6.07) is 28.1. The number of fused-ring (bicyclic) bond motifs is 2. The summed E-state index contributed by atoms with van der Waals surface area (Å²) in [6.45, 7) is 0. The van der Waals surface area contributed by atoms with Gasteiger partial charge in [0.2, 0.25) is 0 Å². The quantitative estimate of drug-likeness (QED) is 0.152. The predicted molar refractivity (Wildman–Crippen MR) is 200 cm³/mol. The van der Waals surface area contributed by atoms with Crippen molar-refractivity contribution < 1.29 is 51.0 Å². The van der Waals surface area contributed by atoms with Crippen LogP contribution in [0.15, 0.2) is 72.8 Å². The third-order valence-electron chi connectivity index (χ3n) is 11.7. The van der Waals surface area contributed by atoms with Crippen LogP contribution in [0.25, 0.3) is 21.5 Å². The molecule has 0 nitrogen and oxygen atoms in total. The fraction of sp³-hybridized carbons (Fsp3) is 0.571. The zero-order chi connectivity index (χ0) is 29.6. The van der Waals surface area contributed by atoms with Crippen molar-refractivity contribution in [1.29, 1.82) is 0 Å². The van der Waals surface area contributed by atoms with Crippen LogP contribution in [0.1, 0.15) is 128 Å². The Balaban J connectivity index is 0.000000200. The van der Waals surface area contributed by atoms with E-state index in [9.17, 15) is 0 Å². The summed E-state index contributed by atoms with van der Waals surface area (Å²) in [5, 5.41) is 9.34. The molecule has 8 rings (SSSR count). The Morgan fingerprint density at radius 1 is 0.404 bits per heavy atom. The Morgan fingerprint density at radius 2 is 0.681 bits per heavy atom. The molecule has 252 valence electrons. The summed E-state index contributed by atoms with van der Waals surface area (Å²) in [5.41, 5.74) is 4.07. The number of hydrogen-bond donors (Lipinski definition) is 0. The Bertz CT molecular complexity index is 1230. The van der Waals surface area contributed by atoms with E-state index < -0.39 is 0 Å². The van der Waals surface area contributed by atoms with Crippen LogP contribution in [-0.4, -0.2) is 22.6 Å². The molecule has 0 N–H and O–H groups in total. The smallest absolute Gasteiger partial charge is 1.00 e. The van der Waals surface area contributed by atoms with Gasteiger partial charge in [-0.2, -0.15) is 12.1 Å². The van der Waals surface area contributed by atoms with Crippen molar-refractivity contribution in [3.63, 3.8) is 0 Å². The molecule has 0 amide bonds. The topological polar surface area (TPSA) is 0 Å². The average Bonchev–Trinajstić information content (AvgIpc) is 3.72. The Kier molecular flexibility index (Phi) is 17.0. The maximum Gasteiger partial charge on any atom is 4.00 e. The van der Waals surface area contributed by atoms with E-state index in [1.807, 2.05) is 0 Å². The second kappa shape index (κ2) is 20.1. The first-order valence-electron chi connectivity index (χ1n) is 18.7. The van der Waals surface area contributed by atoms with Crippen LogP contribution in [0.2, 0.25) is 0 Å². The van der Waals surface area contributed by atoms with Gasteiger partial charge in [-0.05, 0) is 74.0 Å². The van der Waals surface area contributed by atoms with Crippen molar-refractivity contribution in [2.45, 2.75) is 151 Å². The number of halogens is 2. The summed E-state index contributed by atoms with van der Waals surface area (Å²) in [4.78, 5) is 0. The zero-order valence-corrected chi connectivity index (χ0v) is 34.3. The molecule has 0 bridgehead atoms. The molecule has 4 saturated carbocycles. The summed E-state index contributed by atoms with van der Waals surface area (Å²) in [5.74, 6) is 0. The number of rotatable bonds is 6. The third kappa shape index (κ3) is 10.1. The molecular weight excluding hydrogens is 729 g/mol. The van der Waals surface area contributed by atoms with E-state index in [-0.39, 0.29) is 66.9 Å². The number of benzene rings is 2. The van der Waals surface area contributed by atoms with Gasteiger partial charge in [-0.3, -0.25) is 0 Å². The van der Waals surface area contributed by atoms with Crippen molar-refractivity contribution in [2.75, 3.05) is 0 Å². The molecule has 0 spiro atoms. The van der Waals surface area contributed by atoms with Crippen molar-refractivity contribution in [3.8, 4) is 0 Å². The molecule has 4 aliphatic rings. The molecule has 0 heterocycles. The van der Waals surface area contributed by atoms with Crippen LogP contribution in [0.5, 0.6) is 0 Å². The molecule has 4 aromatic carbocycles. The first-order valence-corrected chi connectivity index (χ1v) is 21.7. The molecule has 4 aromatic rings. The normalized spacial score (nSPS) is 20.3. The van der Waals surface area contributed by atoms with Crippen molar-refractivity contribution in [3.05, 3.63) is 72.8 Å². The van der Waals surface area contributed by atoms with E-state index in [0.29, 0.717) is 0 Å². The average molecular weight is 785 g/mol. The van der Waals surface area contributed by atoms with Gasteiger partial charge in [-0.1, -0.05) is 105 Å². The minimum absolute atomic E-state index is 0. The fourth-order valence-electron chi connectivity index (χ4n) is 9.44. The molecule has 0 aromatic heterocycles. The summed E-state index contributed by atoms with van der Waals surface area (Å²) in [6.07, 6.45) is 29.8. The van der Waals surface area contributed by atoms with Crippen LogP contribution >= 0.6 is 15.8 Å². The number of hydrogen-bond acceptors (Lipinski definition) is 0. The van der Waals surface area contributed by atoms with Gasteiger partial charge < -0.3 is 24.8 Å². The zero-order valence-electron chi connectivity index (χ0n) is 28.5. The van der Waals surface area contributed by atoms with Crippen LogP contribution in [0, 0.1) is 0 Å². The summed E-state index contributed by atoms with van der Waals surface area (Å²) >= 11 is 0. The molecule has 4 fully saturated rings. The SMILES string of the molecule is [Cl-].[Cl-].[Zr+4].c1ccc2[cH-]c(P(C3CCCCC3)C3CCCCC3)cc2c1.c1ccc2[cH-]c(P(C3CCCCC3)C3CCCCC3)cc2c1. The van der Waals surface area contributed by atoms with Crippen LogP contribution in [-0.2, 0) is 26.2 Å². The predicted octanol–water partition coefficient (Wildman–Crippen LogP) is 6.67. The van der Waals surface area contributed by atoms with Crippen molar-refractivity contribution >= 4 is 48.0 Å². The standard InChI is InChI=1S/2C21H28P.2ClH.Zr/c2*1-3-11-19(12-4-1)22(20-13-5-2-6-14-20)21-15-17-9-7-8-10-18(17)16-21;;;/h2*7-10,15-16,19-20H,1-6,11-14H2;2*1H;/q2*-1;;;+4/p-2. The Hall–Kier alpha value is -0.0169. The first kappa shape index (κ1) is 39.8. The monoisotopic (exact) mass is 782 g/mol. The van der Waals surface area contributed by atoms with Gasteiger partial charge in [0.15, 0.2) is 0 Å². The van der Waals surface area contributed by atoms with E-state index in [1.165, 1.54) is 150 Å². The Labute approximate surface area is 320 Å². The second-order valence-electron chi connectivity index (χ2n) is 14.7. The first-order chi connectivity index (χ1) is 21.8. The molecular formula is C42H56Cl2P2Zr. The largest absolute Gasteiger partial charge is 4.00 e. The van der Waals surface area contributed by atoms with E-state index in [4.69, 9.17) is 0 Å². The van der Waals surface area contributed by atoms with Gasteiger partial charge in [0.05, 0.1) is 0 Å².